The molecule has 25 heavy (non-hydrogen) atoms. The first-order valence-electron chi connectivity index (χ1n) is 9.30. The molecular formula is C20H30O5. The molecule has 1 saturated carbocycles. The molecule has 0 aromatic rings. The Labute approximate surface area is 150 Å². The van der Waals surface area contributed by atoms with Crippen LogP contribution in [0, 0.1) is 22.7 Å². The maximum Gasteiger partial charge on any atom is 0.312 e. The zero-order valence-corrected chi connectivity index (χ0v) is 16.0. The van der Waals surface area contributed by atoms with E-state index in [1.807, 2.05) is 6.92 Å². The molecule has 5 heteroatoms. The highest BCUT2D eigenvalue weighted by atomic mass is 16.7. The summed E-state index contributed by atoms with van der Waals surface area (Å²) < 4.78 is 16.0. The Hall–Kier alpha value is -1.36. The summed E-state index contributed by atoms with van der Waals surface area (Å²) in [5.74, 6) is -1.42. The maximum absolute atomic E-state index is 12.2. The highest BCUT2D eigenvalue weighted by Gasteiger charge is 2.54. The molecular weight excluding hydrogens is 320 g/mol. The van der Waals surface area contributed by atoms with Crippen molar-refractivity contribution in [1.29, 1.82) is 0 Å². The van der Waals surface area contributed by atoms with Gasteiger partial charge in [0, 0.05) is 0 Å². The van der Waals surface area contributed by atoms with Gasteiger partial charge in [-0.15, -0.1) is 0 Å². The fraction of sp³-hybridized carbons (Fsp3) is 0.800. The van der Waals surface area contributed by atoms with Gasteiger partial charge in [0.05, 0.1) is 31.5 Å². The van der Waals surface area contributed by atoms with E-state index in [0.717, 1.165) is 18.4 Å². The number of rotatable bonds is 3. The van der Waals surface area contributed by atoms with Gasteiger partial charge < -0.3 is 14.2 Å². The molecule has 1 aliphatic carbocycles. The van der Waals surface area contributed by atoms with Crippen molar-refractivity contribution >= 4 is 11.9 Å². The van der Waals surface area contributed by atoms with E-state index in [1.165, 1.54) is 20.0 Å². The van der Waals surface area contributed by atoms with E-state index in [2.05, 4.69) is 26.8 Å². The van der Waals surface area contributed by atoms with Gasteiger partial charge in [-0.1, -0.05) is 33.3 Å². The van der Waals surface area contributed by atoms with E-state index >= 15 is 0 Å². The van der Waals surface area contributed by atoms with Crippen LogP contribution in [0.2, 0.25) is 0 Å². The molecule has 2 heterocycles. The Balaban J connectivity index is 1.89. The van der Waals surface area contributed by atoms with Crippen molar-refractivity contribution in [2.75, 3.05) is 7.11 Å². The van der Waals surface area contributed by atoms with Crippen LogP contribution in [0.1, 0.15) is 59.8 Å². The minimum atomic E-state index is -0.566. The lowest BCUT2D eigenvalue weighted by atomic mass is 9.63. The van der Waals surface area contributed by atoms with Crippen LogP contribution in [0.5, 0.6) is 0 Å². The first-order valence-corrected chi connectivity index (χ1v) is 9.30. The molecule has 140 valence electrons. The molecule has 2 aliphatic heterocycles. The summed E-state index contributed by atoms with van der Waals surface area (Å²) in [6.45, 7) is 8.95. The zero-order valence-electron chi connectivity index (χ0n) is 16.0. The third kappa shape index (κ3) is 3.62. The van der Waals surface area contributed by atoms with Gasteiger partial charge in [-0.2, -0.15) is 0 Å². The highest BCUT2D eigenvalue weighted by Crippen LogP contribution is 2.51. The van der Waals surface area contributed by atoms with Gasteiger partial charge in [0.25, 0.3) is 0 Å². The van der Waals surface area contributed by atoms with Gasteiger partial charge in [0.2, 0.25) is 6.29 Å². The number of esters is 2. The summed E-state index contributed by atoms with van der Waals surface area (Å²) >= 11 is 0. The third-order valence-electron chi connectivity index (χ3n) is 6.07. The Kier molecular flexibility index (Phi) is 4.73. The van der Waals surface area contributed by atoms with Crippen LogP contribution in [-0.4, -0.2) is 31.4 Å². The summed E-state index contributed by atoms with van der Waals surface area (Å²) in [5, 5.41) is 0. The number of methoxy groups -OCH3 is 1. The minimum Gasteiger partial charge on any atom is -0.469 e. The van der Waals surface area contributed by atoms with Crippen molar-refractivity contribution in [3.63, 3.8) is 0 Å². The smallest absolute Gasteiger partial charge is 0.312 e. The summed E-state index contributed by atoms with van der Waals surface area (Å²) in [6.07, 6.45) is 6.42. The SMILES string of the molecule is COC(=O)CC1C(=O)OC2OC(C)C(=CC3(C)CCCC(C)(C)C3)C21. The summed E-state index contributed by atoms with van der Waals surface area (Å²) in [6, 6.07) is 0. The standard InChI is InChI=1S/C20H30O5/c1-12-14(10-20(4)8-6-7-19(2,3)11-20)16-13(9-15(21)23-5)17(22)25-18(16)24-12/h10,12-13,16,18H,6-9,11H2,1-5H3. The number of carbonyl (C=O) groups excluding carboxylic acids is 2. The monoisotopic (exact) mass is 350 g/mol. The molecule has 0 N–H and O–H groups in total. The van der Waals surface area contributed by atoms with E-state index in [9.17, 15) is 9.59 Å². The number of carbonyl (C=O) groups is 2. The lowest BCUT2D eigenvalue weighted by Crippen LogP contribution is -2.31. The van der Waals surface area contributed by atoms with E-state index in [4.69, 9.17) is 14.2 Å². The largest absolute Gasteiger partial charge is 0.469 e. The van der Waals surface area contributed by atoms with Crippen LogP contribution >= 0.6 is 0 Å². The number of allylic oxidation sites excluding steroid dienone is 1. The molecule has 5 unspecified atom stereocenters. The molecule has 0 radical (unpaired) electrons. The zero-order chi connectivity index (χ0) is 18.4. The molecule has 3 aliphatic rings. The molecule has 0 amide bonds. The summed E-state index contributed by atoms with van der Waals surface area (Å²) in [4.78, 5) is 24.0. The summed E-state index contributed by atoms with van der Waals surface area (Å²) in [5.41, 5.74) is 1.52. The van der Waals surface area contributed by atoms with Crippen molar-refractivity contribution in [2.24, 2.45) is 22.7 Å². The molecule has 5 atom stereocenters. The molecule has 0 spiro atoms. The lowest BCUT2D eigenvalue weighted by molar-refractivity contribution is -0.164. The van der Waals surface area contributed by atoms with Crippen molar-refractivity contribution in [1.82, 2.24) is 0 Å². The fourth-order valence-corrected chi connectivity index (χ4v) is 5.12. The van der Waals surface area contributed by atoms with Crippen LogP contribution in [0.3, 0.4) is 0 Å². The van der Waals surface area contributed by atoms with Crippen LogP contribution in [-0.2, 0) is 23.8 Å². The number of ether oxygens (including phenoxy) is 3. The third-order valence-corrected chi connectivity index (χ3v) is 6.07. The second-order valence-electron chi connectivity index (χ2n) is 8.99. The number of fused-ring (bicyclic) bond motifs is 1. The quantitative estimate of drug-likeness (QED) is 0.575. The van der Waals surface area contributed by atoms with E-state index < -0.39 is 12.2 Å². The maximum atomic E-state index is 12.2. The first-order chi connectivity index (χ1) is 11.6. The Morgan fingerprint density at radius 3 is 2.68 bits per heavy atom. The van der Waals surface area contributed by atoms with Crippen LogP contribution in [0.25, 0.3) is 0 Å². The van der Waals surface area contributed by atoms with Gasteiger partial charge in [0.15, 0.2) is 0 Å². The summed E-state index contributed by atoms with van der Waals surface area (Å²) in [7, 11) is 1.34. The Bertz CT molecular complexity index is 593. The van der Waals surface area contributed by atoms with Gasteiger partial charge >= 0.3 is 11.9 Å². The molecule has 0 aromatic heterocycles. The van der Waals surface area contributed by atoms with E-state index in [0.29, 0.717) is 5.41 Å². The van der Waals surface area contributed by atoms with Gasteiger partial charge in [-0.3, -0.25) is 9.59 Å². The van der Waals surface area contributed by atoms with Crippen LogP contribution in [0.4, 0.5) is 0 Å². The number of hydrogen-bond donors (Lipinski definition) is 0. The first kappa shape index (κ1) is 18.4. The predicted molar refractivity (Wildman–Crippen MR) is 92.5 cm³/mol. The minimum absolute atomic E-state index is 0.0477. The van der Waals surface area contributed by atoms with Crippen molar-refractivity contribution in [3.05, 3.63) is 11.6 Å². The Morgan fingerprint density at radius 1 is 1.32 bits per heavy atom. The van der Waals surface area contributed by atoms with E-state index in [1.54, 1.807) is 0 Å². The van der Waals surface area contributed by atoms with Gasteiger partial charge in [-0.05, 0) is 42.6 Å². The van der Waals surface area contributed by atoms with Gasteiger partial charge in [0.1, 0.15) is 0 Å². The van der Waals surface area contributed by atoms with Crippen LogP contribution < -0.4 is 0 Å². The highest BCUT2D eigenvalue weighted by molar-refractivity contribution is 5.82. The van der Waals surface area contributed by atoms with Crippen LogP contribution in [0.15, 0.2) is 11.6 Å². The second-order valence-corrected chi connectivity index (χ2v) is 8.99. The molecule has 0 bridgehead atoms. The molecule has 3 fully saturated rings. The van der Waals surface area contributed by atoms with Gasteiger partial charge in [-0.25, -0.2) is 0 Å². The number of hydrogen-bond acceptors (Lipinski definition) is 5. The van der Waals surface area contributed by atoms with Crippen molar-refractivity contribution in [2.45, 2.75) is 72.2 Å². The van der Waals surface area contributed by atoms with E-state index in [-0.39, 0.29) is 35.8 Å². The molecule has 3 rings (SSSR count). The molecule has 0 aromatic carbocycles. The Morgan fingerprint density at radius 2 is 2.04 bits per heavy atom. The lowest BCUT2D eigenvalue weighted by Gasteiger charge is -2.42. The van der Waals surface area contributed by atoms with Crippen molar-refractivity contribution < 1.29 is 23.8 Å². The average Bonchev–Trinajstić information content (AvgIpc) is 2.94. The van der Waals surface area contributed by atoms with Crippen molar-refractivity contribution in [3.8, 4) is 0 Å². The topological polar surface area (TPSA) is 61.8 Å². The average molecular weight is 350 g/mol. The predicted octanol–water partition coefficient (Wildman–Crippen LogP) is 3.62. The molecule has 5 nitrogen and oxygen atoms in total. The second kappa shape index (κ2) is 6.42. The molecule has 2 saturated heterocycles. The fourth-order valence-electron chi connectivity index (χ4n) is 5.12. The normalized spacial score (nSPS) is 41.5.